The maximum atomic E-state index is 10.5. The fourth-order valence-corrected chi connectivity index (χ4v) is 0.913. The molecule has 5 nitrogen and oxygen atoms in total. The van der Waals surface area contributed by atoms with E-state index >= 15 is 0 Å². The molecule has 82 valence electrons. The zero-order valence-electron chi connectivity index (χ0n) is 8.38. The van der Waals surface area contributed by atoms with Crippen LogP contribution in [0.5, 0.6) is 0 Å². The van der Waals surface area contributed by atoms with Gasteiger partial charge >= 0.3 is 5.97 Å². The number of aromatic nitrogens is 1. The number of carboxylic acids is 1. The second-order valence-corrected chi connectivity index (χ2v) is 3.43. The van der Waals surface area contributed by atoms with Crippen LogP contribution in [-0.2, 0) is 16.1 Å². The van der Waals surface area contributed by atoms with Crippen molar-refractivity contribution < 1.29 is 19.7 Å². The SMILES string of the molecule is CC(O)(COCc1cccnc1)C(=O)O. The lowest BCUT2D eigenvalue weighted by Gasteiger charge is -2.17. The van der Waals surface area contributed by atoms with Crippen LogP contribution in [0.25, 0.3) is 0 Å². The molecule has 0 saturated carbocycles. The number of aliphatic carboxylic acids is 1. The first-order chi connectivity index (χ1) is 7.02. The van der Waals surface area contributed by atoms with Crippen LogP contribution >= 0.6 is 0 Å². The molecule has 0 aromatic carbocycles. The molecule has 5 heteroatoms. The quantitative estimate of drug-likeness (QED) is 0.738. The normalized spacial score (nSPS) is 14.5. The van der Waals surface area contributed by atoms with E-state index < -0.39 is 11.6 Å². The van der Waals surface area contributed by atoms with Gasteiger partial charge in [0.15, 0.2) is 5.60 Å². The van der Waals surface area contributed by atoms with Gasteiger partial charge in [-0.25, -0.2) is 4.79 Å². The third kappa shape index (κ3) is 3.65. The summed E-state index contributed by atoms with van der Waals surface area (Å²) in [4.78, 5) is 14.4. The molecule has 1 rings (SSSR count). The summed E-state index contributed by atoms with van der Waals surface area (Å²) in [6, 6.07) is 3.57. The van der Waals surface area contributed by atoms with Gasteiger partial charge in [-0.1, -0.05) is 6.07 Å². The number of ether oxygens (including phenoxy) is 1. The zero-order chi connectivity index (χ0) is 11.3. The van der Waals surface area contributed by atoms with E-state index in [9.17, 15) is 9.90 Å². The lowest BCUT2D eigenvalue weighted by molar-refractivity contribution is -0.163. The molecule has 0 bridgehead atoms. The molecule has 1 aromatic heterocycles. The van der Waals surface area contributed by atoms with Crippen molar-refractivity contribution in [3.63, 3.8) is 0 Å². The van der Waals surface area contributed by atoms with Crippen molar-refractivity contribution >= 4 is 5.97 Å². The number of rotatable bonds is 5. The number of nitrogens with zero attached hydrogens (tertiary/aromatic N) is 1. The van der Waals surface area contributed by atoms with Crippen molar-refractivity contribution in [1.82, 2.24) is 4.98 Å². The van der Waals surface area contributed by atoms with Gasteiger partial charge in [0.05, 0.1) is 13.2 Å². The van der Waals surface area contributed by atoms with E-state index in [1.807, 2.05) is 6.07 Å². The van der Waals surface area contributed by atoms with Crippen LogP contribution in [0.15, 0.2) is 24.5 Å². The molecular formula is C10H13NO4. The van der Waals surface area contributed by atoms with E-state index in [-0.39, 0.29) is 13.2 Å². The average molecular weight is 211 g/mol. The van der Waals surface area contributed by atoms with Gasteiger partial charge < -0.3 is 14.9 Å². The van der Waals surface area contributed by atoms with Gasteiger partial charge in [-0.05, 0) is 18.6 Å². The predicted octanol–water partition coefficient (Wildman–Crippen LogP) is 0.434. The Morgan fingerprint density at radius 3 is 2.93 bits per heavy atom. The molecule has 1 aromatic rings. The van der Waals surface area contributed by atoms with Crippen LogP contribution in [0.1, 0.15) is 12.5 Å². The summed E-state index contributed by atoms with van der Waals surface area (Å²) in [6.45, 7) is 1.17. The molecule has 15 heavy (non-hydrogen) atoms. The number of carboxylic acid groups (broad SMARTS) is 1. The molecular weight excluding hydrogens is 198 g/mol. The van der Waals surface area contributed by atoms with Crippen molar-refractivity contribution in [3.05, 3.63) is 30.1 Å². The second kappa shape index (κ2) is 4.86. The Labute approximate surface area is 87.3 Å². The van der Waals surface area contributed by atoms with Gasteiger partial charge in [-0.15, -0.1) is 0 Å². The predicted molar refractivity (Wildman–Crippen MR) is 52.2 cm³/mol. The number of hydrogen-bond donors (Lipinski definition) is 2. The van der Waals surface area contributed by atoms with E-state index in [1.54, 1.807) is 18.5 Å². The summed E-state index contributed by atoms with van der Waals surface area (Å²) in [5.74, 6) is -1.30. The van der Waals surface area contributed by atoms with Crippen molar-refractivity contribution in [3.8, 4) is 0 Å². The maximum absolute atomic E-state index is 10.5. The first kappa shape index (κ1) is 11.6. The Bertz CT molecular complexity index is 323. The van der Waals surface area contributed by atoms with Gasteiger partial charge in [0, 0.05) is 12.4 Å². The van der Waals surface area contributed by atoms with E-state index in [2.05, 4.69) is 4.98 Å². The molecule has 2 N–H and O–H groups in total. The average Bonchev–Trinajstić information content (AvgIpc) is 2.19. The van der Waals surface area contributed by atoms with Gasteiger partial charge in [-0.2, -0.15) is 0 Å². The Morgan fingerprint density at radius 2 is 2.40 bits per heavy atom. The molecule has 0 radical (unpaired) electrons. The number of hydrogen-bond acceptors (Lipinski definition) is 4. The molecule has 0 aliphatic carbocycles. The molecule has 0 amide bonds. The third-order valence-corrected chi connectivity index (χ3v) is 1.84. The van der Waals surface area contributed by atoms with Crippen LogP contribution < -0.4 is 0 Å². The summed E-state index contributed by atoms with van der Waals surface area (Å²) in [5.41, 5.74) is -1.01. The minimum atomic E-state index is -1.85. The van der Waals surface area contributed by atoms with E-state index in [0.717, 1.165) is 5.56 Å². The molecule has 0 spiro atoms. The fourth-order valence-electron chi connectivity index (χ4n) is 0.913. The molecule has 1 heterocycles. The number of carbonyl (C=O) groups is 1. The lowest BCUT2D eigenvalue weighted by Crippen LogP contribution is -2.39. The molecule has 0 aliphatic heterocycles. The van der Waals surface area contributed by atoms with Crippen LogP contribution in [0.2, 0.25) is 0 Å². The number of pyridine rings is 1. The van der Waals surface area contributed by atoms with Crippen LogP contribution in [-0.4, -0.2) is 33.4 Å². The highest BCUT2D eigenvalue weighted by Crippen LogP contribution is 2.06. The third-order valence-electron chi connectivity index (χ3n) is 1.84. The molecule has 0 aliphatic rings. The molecule has 1 unspecified atom stereocenters. The lowest BCUT2D eigenvalue weighted by atomic mass is 10.1. The summed E-state index contributed by atoms with van der Waals surface area (Å²) in [5, 5.41) is 17.9. The fraction of sp³-hybridized carbons (Fsp3) is 0.400. The van der Waals surface area contributed by atoms with Crippen LogP contribution in [0, 0.1) is 0 Å². The summed E-state index contributed by atoms with van der Waals surface area (Å²) < 4.78 is 5.07. The summed E-state index contributed by atoms with van der Waals surface area (Å²) >= 11 is 0. The number of aliphatic hydroxyl groups is 1. The molecule has 0 saturated heterocycles. The Balaban J connectivity index is 2.37. The highest BCUT2D eigenvalue weighted by molar-refractivity contribution is 5.76. The monoisotopic (exact) mass is 211 g/mol. The first-order valence-corrected chi connectivity index (χ1v) is 4.45. The maximum Gasteiger partial charge on any atom is 0.337 e. The molecule has 0 fully saturated rings. The Morgan fingerprint density at radius 1 is 1.67 bits per heavy atom. The Kier molecular flexibility index (Phi) is 3.76. The second-order valence-electron chi connectivity index (χ2n) is 3.43. The van der Waals surface area contributed by atoms with E-state index in [0.29, 0.717) is 0 Å². The van der Waals surface area contributed by atoms with Gasteiger partial charge in [0.1, 0.15) is 0 Å². The van der Waals surface area contributed by atoms with E-state index in [1.165, 1.54) is 6.92 Å². The summed E-state index contributed by atoms with van der Waals surface area (Å²) in [7, 11) is 0. The first-order valence-electron chi connectivity index (χ1n) is 4.45. The van der Waals surface area contributed by atoms with Crippen LogP contribution in [0.3, 0.4) is 0 Å². The zero-order valence-corrected chi connectivity index (χ0v) is 8.38. The van der Waals surface area contributed by atoms with Crippen molar-refractivity contribution in [1.29, 1.82) is 0 Å². The van der Waals surface area contributed by atoms with Gasteiger partial charge in [0.2, 0.25) is 0 Å². The minimum absolute atomic E-state index is 0.233. The van der Waals surface area contributed by atoms with Gasteiger partial charge in [-0.3, -0.25) is 4.98 Å². The van der Waals surface area contributed by atoms with E-state index in [4.69, 9.17) is 9.84 Å². The van der Waals surface area contributed by atoms with Crippen molar-refractivity contribution in [2.24, 2.45) is 0 Å². The highest BCUT2D eigenvalue weighted by atomic mass is 16.5. The minimum Gasteiger partial charge on any atom is -0.479 e. The molecule has 1 atom stereocenters. The van der Waals surface area contributed by atoms with Crippen molar-refractivity contribution in [2.75, 3.05) is 6.61 Å². The van der Waals surface area contributed by atoms with Crippen molar-refractivity contribution in [2.45, 2.75) is 19.1 Å². The summed E-state index contributed by atoms with van der Waals surface area (Å²) in [6.07, 6.45) is 3.26. The van der Waals surface area contributed by atoms with Gasteiger partial charge in [0.25, 0.3) is 0 Å². The highest BCUT2D eigenvalue weighted by Gasteiger charge is 2.29. The largest absolute Gasteiger partial charge is 0.479 e. The van der Waals surface area contributed by atoms with Crippen LogP contribution in [0.4, 0.5) is 0 Å². The topological polar surface area (TPSA) is 79.7 Å². The smallest absolute Gasteiger partial charge is 0.337 e. The Hall–Kier alpha value is -1.46. The standard InChI is InChI=1S/C10H13NO4/c1-10(14,9(12)13)7-15-6-8-3-2-4-11-5-8/h2-5,14H,6-7H2,1H3,(H,12,13).